The molecule has 0 bridgehead atoms. The molecule has 2 aromatic heterocycles. The van der Waals surface area contributed by atoms with Crippen LogP contribution in [0.5, 0.6) is 0 Å². The van der Waals surface area contributed by atoms with Crippen molar-refractivity contribution in [2.45, 2.75) is 19.9 Å². The summed E-state index contributed by atoms with van der Waals surface area (Å²) in [5, 5.41) is 12.1. The summed E-state index contributed by atoms with van der Waals surface area (Å²) in [6.07, 6.45) is 2.05. The van der Waals surface area contributed by atoms with Gasteiger partial charge in [0.2, 0.25) is 5.95 Å². The normalized spacial score (nSPS) is 10.6. The second kappa shape index (κ2) is 6.29. The number of hydrogen-bond acceptors (Lipinski definition) is 5. The summed E-state index contributed by atoms with van der Waals surface area (Å²) in [7, 11) is 1.66. The molecule has 0 amide bonds. The van der Waals surface area contributed by atoms with Crippen LogP contribution in [0.25, 0.3) is 0 Å². The summed E-state index contributed by atoms with van der Waals surface area (Å²) in [5.41, 5.74) is 1.94. The van der Waals surface area contributed by atoms with Gasteiger partial charge in [0.1, 0.15) is 0 Å². The lowest BCUT2D eigenvalue weighted by molar-refractivity contribution is 0.298. The van der Waals surface area contributed by atoms with E-state index in [1.54, 1.807) is 20.2 Å². The highest BCUT2D eigenvalue weighted by atomic mass is 16.3. The van der Waals surface area contributed by atoms with E-state index in [9.17, 15) is 4.79 Å². The first-order chi connectivity index (χ1) is 9.63. The Balaban J connectivity index is 2.23. The fourth-order valence-corrected chi connectivity index (χ4v) is 1.98. The maximum atomic E-state index is 12.2. The molecular formula is C14H18N4O2. The second-order valence-electron chi connectivity index (χ2n) is 4.51. The van der Waals surface area contributed by atoms with Gasteiger partial charge in [0.25, 0.3) is 5.56 Å². The molecule has 6 heteroatoms. The fraction of sp³-hybridized carbons (Fsp3) is 0.357. The Labute approximate surface area is 117 Å². The van der Waals surface area contributed by atoms with Crippen LogP contribution in [0.4, 0.5) is 5.95 Å². The molecular weight excluding hydrogens is 256 g/mol. The molecule has 2 heterocycles. The second-order valence-corrected chi connectivity index (χ2v) is 4.51. The first-order valence-electron chi connectivity index (χ1n) is 6.44. The van der Waals surface area contributed by atoms with Gasteiger partial charge in [-0.1, -0.05) is 6.07 Å². The Morgan fingerprint density at radius 1 is 1.40 bits per heavy atom. The third-order valence-corrected chi connectivity index (χ3v) is 3.11. The maximum Gasteiger partial charge on any atom is 0.258 e. The third-order valence-electron chi connectivity index (χ3n) is 3.11. The molecule has 2 rings (SSSR count). The van der Waals surface area contributed by atoms with Crippen LogP contribution in [0.1, 0.15) is 17.0 Å². The third kappa shape index (κ3) is 3.03. The molecule has 6 nitrogen and oxygen atoms in total. The summed E-state index contributed by atoms with van der Waals surface area (Å²) < 4.78 is 1.46. The van der Waals surface area contributed by atoms with Crippen molar-refractivity contribution in [2.75, 3.05) is 11.9 Å². The summed E-state index contributed by atoms with van der Waals surface area (Å²) in [4.78, 5) is 20.8. The highest BCUT2D eigenvalue weighted by molar-refractivity contribution is 5.32. The molecule has 0 saturated carbocycles. The van der Waals surface area contributed by atoms with Gasteiger partial charge in [0.15, 0.2) is 0 Å². The molecule has 106 valence electrons. The minimum Gasteiger partial charge on any atom is -0.396 e. The van der Waals surface area contributed by atoms with Gasteiger partial charge in [-0.25, -0.2) is 4.98 Å². The van der Waals surface area contributed by atoms with Crippen LogP contribution >= 0.6 is 0 Å². The van der Waals surface area contributed by atoms with E-state index >= 15 is 0 Å². The molecule has 0 unspecified atom stereocenters. The van der Waals surface area contributed by atoms with Crippen molar-refractivity contribution >= 4 is 5.95 Å². The average molecular weight is 274 g/mol. The molecule has 0 spiro atoms. The Kier molecular flexibility index (Phi) is 4.47. The first-order valence-corrected chi connectivity index (χ1v) is 6.44. The molecule has 0 fully saturated rings. The first kappa shape index (κ1) is 14.2. The predicted octanol–water partition coefficient (Wildman–Crippen LogP) is 0.631. The Hall–Kier alpha value is -2.21. The number of hydrogen-bond donors (Lipinski definition) is 2. The number of aryl methyl sites for hydroxylation is 1. The number of nitrogens with zero attached hydrogens (tertiary/aromatic N) is 3. The van der Waals surface area contributed by atoms with Gasteiger partial charge in [-0.15, -0.1) is 0 Å². The van der Waals surface area contributed by atoms with Crippen LogP contribution in [0, 0.1) is 6.92 Å². The minimum atomic E-state index is -0.130. The number of nitrogens with one attached hydrogen (secondary N) is 1. The quantitative estimate of drug-likeness (QED) is 0.836. The summed E-state index contributed by atoms with van der Waals surface area (Å²) in [6.45, 7) is 2.22. The molecule has 2 aromatic rings. The van der Waals surface area contributed by atoms with Crippen LogP contribution < -0.4 is 10.9 Å². The number of aliphatic hydroxyl groups is 1. The van der Waals surface area contributed by atoms with Crippen LogP contribution in [0.3, 0.4) is 0 Å². The van der Waals surface area contributed by atoms with Gasteiger partial charge in [-0.2, -0.15) is 0 Å². The zero-order chi connectivity index (χ0) is 14.5. The van der Waals surface area contributed by atoms with E-state index in [2.05, 4.69) is 15.3 Å². The van der Waals surface area contributed by atoms with Crippen LogP contribution in [-0.4, -0.2) is 26.2 Å². The zero-order valence-corrected chi connectivity index (χ0v) is 11.6. The average Bonchev–Trinajstić information content (AvgIpc) is 2.47. The monoisotopic (exact) mass is 274 g/mol. The molecule has 0 aliphatic rings. The van der Waals surface area contributed by atoms with Crippen molar-refractivity contribution in [2.24, 2.45) is 7.05 Å². The van der Waals surface area contributed by atoms with Crippen LogP contribution in [-0.2, 0) is 20.0 Å². The highest BCUT2D eigenvalue weighted by Crippen LogP contribution is 2.07. The largest absolute Gasteiger partial charge is 0.396 e. The van der Waals surface area contributed by atoms with Crippen molar-refractivity contribution in [3.8, 4) is 0 Å². The zero-order valence-electron chi connectivity index (χ0n) is 11.6. The minimum absolute atomic E-state index is 0.0571. The number of aromatic nitrogens is 3. The Bertz CT molecular complexity index is 638. The van der Waals surface area contributed by atoms with Gasteiger partial charge in [0.05, 0.1) is 17.9 Å². The van der Waals surface area contributed by atoms with Gasteiger partial charge in [0, 0.05) is 31.8 Å². The van der Waals surface area contributed by atoms with E-state index in [1.807, 2.05) is 18.2 Å². The smallest absolute Gasteiger partial charge is 0.258 e. The number of aliphatic hydroxyl groups excluding tert-OH is 1. The topological polar surface area (TPSA) is 80.0 Å². The van der Waals surface area contributed by atoms with Gasteiger partial charge in [-0.05, 0) is 19.1 Å². The van der Waals surface area contributed by atoms with E-state index in [4.69, 9.17) is 5.11 Å². The van der Waals surface area contributed by atoms with Crippen molar-refractivity contribution in [3.05, 3.63) is 51.7 Å². The van der Waals surface area contributed by atoms with E-state index in [0.29, 0.717) is 30.2 Å². The van der Waals surface area contributed by atoms with Crippen LogP contribution in [0.2, 0.25) is 0 Å². The van der Waals surface area contributed by atoms with Crippen molar-refractivity contribution in [1.29, 1.82) is 0 Å². The number of pyridine rings is 1. The van der Waals surface area contributed by atoms with Gasteiger partial charge >= 0.3 is 0 Å². The summed E-state index contributed by atoms with van der Waals surface area (Å²) >= 11 is 0. The van der Waals surface area contributed by atoms with Gasteiger partial charge in [-0.3, -0.25) is 14.3 Å². The van der Waals surface area contributed by atoms with E-state index in [0.717, 1.165) is 5.69 Å². The number of anilines is 1. The lowest BCUT2D eigenvalue weighted by atomic mass is 10.2. The van der Waals surface area contributed by atoms with Crippen molar-refractivity contribution in [1.82, 2.24) is 14.5 Å². The molecule has 0 aromatic carbocycles. The molecule has 0 aliphatic heterocycles. The molecule has 0 saturated heterocycles. The SMILES string of the molecule is Cc1nc(NCc2ccccn2)n(C)c(=O)c1CCO. The summed E-state index contributed by atoms with van der Waals surface area (Å²) in [5.74, 6) is 0.500. The molecule has 0 atom stereocenters. The number of rotatable bonds is 5. The molecule has 20 heavy (non-hydrogen) atoms. The molecule has 0 aliphatic carbocycles. The van der Waals surface area contributed by atoms with Crippen molar-refractivity contribution < 1.29 is 5.11 Å². The lowest BCUT2D eigenvalue weighted by Gasteiger charge is -2.13. The van der Waals surface area contributed by atoms with Crippen LogP contribution in [0.15, 0.2) is 29.2 Å². The predicted molar refractivity (Wildman–Crippen MR) is 76.6 cm³/mol. The molecule has 2 N–H and O–H groups in total. The highest BCUT2D eigenvalue weighted by Gasteiger charge is 2.11. The van der Waals surface area contributed by atoms with Gasteiger partial charge < -0.3 is 10.4 Å². The van der Waals surface area contributed by atoms with E-state index in [-0.39, 0.29) is 12.2 Å². The maximum absolute atomic E-state index is 12.2. The molecule has 0 radical (unpaired) electrons. The lowest BCUT2D eigenvalue weighted by Crippen LogP contribution is -2.27. The Morgan fingerprint density at radius 3 is 2.85 bits per heavy atom. The Morgan fingerprint density at radius 2 is 2.20 bits per heavy atom. The van der Waals surface area contributed by atoms with Crippen molar-refractivity contribution in [3.63, 3.8) is 0 Å². The fourth-order valence-electron chi connectivity index (χ4n) is 1.98. The summed E-state index contributed by atoms with van der Waals surface area (Å²) in [6, 6.07) is 5.66. The van der Waals surface area contributed by atoms with E-state index in [1.165, 1.54) is 4.57 Å². The standard InChI is InChI=1S/C14H18N4O2/c1-10-12(6-8-19)13(20)18(2)14(17-10)16-9-11-5-3-4-7-15-11/h3-5,7,19H,6,8-9H2,1-2H3,(H,16,17). The van der Waals surface area contributed by atoms with E-state index < -0.39 is 0 Å².